The third-order valence-corrected chi connectivity index (χ3v) is 5.25. The molecule has 120 valence electrons. The van der Waals surface area contributed by atoms with Crippen LogP contribution >= 0.6 is 11.3 Å². The number of H-pyrrole nitrogens is 1. The third-order valence-electron chi connectivity index (χ3n) is 4.06. The number of rotatable bonds is 6. The van der Waals surface area contributed by atoms with Gasteiger partial charge < -0.3 is 10.1 Å². The van der Waals surface area contributed by atoms with Gasteiger partial charge in [0.05, 0.1) is 18.0 Å². The number of nitrogens with zero attached hydrogens (tertiary/aromatic N) is 2. The van der Waals surface area contributed by atoms with Crippen molar-refractivity contribution < 1.29 is 5.11 Å². The fourth-order valence-electron chi connectivity index (χ4n) is 3.26. The minimum Gasteiger partial charge on any atom is -0.392 e. The monoisotopic (exact) mass is 321 g/mol. The maximum absolute atomic E-state index is 12.4. The quantitative estimate of drug-likeness (QED) is 0.854. The van der Waals surface area contributed by atoms with Crippen molar-refractivity contribution in [3.8, 4) is 0 Å². The molecule has 0 spiro atoms. The number of fused-ring (bicyclic) bond motifs is 3. The first-order valence-corrected chi connectivity index (χ1v) is 8.84. The van der Waals surface area contributed by atoms with Crippen molar-refractivity contribution in [1.82, 2.24) is 14.9 Å². The molecule has 6 heteroatoms. The van der Waals surface area contributed by atoms with Crippen LogP contribution in [0.5, 0.6) is 0 Å². The zero-order valence-corrected chi connectivity index (χ0v) is 14.0. The number of thiophene rings is 1. The summed E-state index contributed by atoms with van der Waals surface area (Å²) >= 11 is 1.67. The third kappa shape index (κ3) is 3.09. The van der Waals surface area contributed by atoms with Gasteiger partial charge in [0.15, 0.2) is 0 Å². The van der Waals surface area contributed by atoms with Gasteiger partial charge in [-0.2, -0.15) is 0 Å². The van der Waals surface area contributed by atoms with Crippen molar-refractivity contribution in [2.75, 3.05) is 13.1 Å². The van der Waals surface area contributed by atoms with Crippen LogP contribution < -0.4 is 5.56 Å². The second-order valence-electron chi connectivity index (χ2n) is 6.13. The zero-order chi connectivity index (χ0) is 15.7. The predicted molar refractivity (Wildman–Crippen MR) is 89.5 cm³/mol. The van der Waals surface area contributed by atoms with Gasteiger partial charge in [-0.3, -0.25) is 9.69 Å². The zero-order valence-electron chi connectivity index (χ0n) is 13.2. The molecule has 0 amide bonds. The summed E-state index contributed by atoms with van der Waals surface area (Å²) in [5, 5.41) is 10.4. The number of hydrogen-bond donors (Lipinski definition) is 2. The molecule has 2 aromatic heterocycles. The van der Waals surface area contributed by atoms with Gasteiger partial charge in [-0.1, -0.05) is 6.92 Å². The summed E-state index contributed by atoms with van der Waals surface area (Å²) in [5.41, 5.74) is 1.21. The van der Waals surface area contributed by atoms with Crippen molar-refractivity contribution in [3.63, 3.8) is 0 Å². The standard InChI is InChI=1S/C16H23N3O2S/c1-3-7-19(8-10(2)20)9-13-17-15(21)14-11-5-4-6-12(11)22-16(14)18-13/h10,20H,3-9H2,1-2H3,(H,17,18,21)/t10-/m1/s1. The number of aryl methyl sites for hydroxylation is 2. The highest BCUT2D eigenvalue weighted by Crippen LogP contribution is 2.34. The average molecular weight is 321 g/mol. The van der Waals surface area contributed by atoms with Crippen molar-refractivity contribution in [2.24, 2.45) is 0 Å². The van der Waals surface area contributed by atoms with E-state index in [1.807, 2.05) is 0 Å². The van der Waals surface area contributed by atoms with E-state index < -0.39 is 0 Å². The summed E-state index contributed by atoms with van der Waals surface area (Å²) < 4.78 is 0. The van der Waals surface area contributed by atoms with Gasteiger partial charge >= 0.3 is 0 Å². The Morgan fingerprint density at radius 3 is 3.00 bits per heavy atom. The van der Waals surface area contributed by atoms with Crippen molar-refractivity contribution in [3.05, 3.63) is 26.6 Å². The number of aromatic amines is 1. The SMILES string of the molecule is CCCN(Cc1nc2sc3c(c2c(=O)[nH]1)CCC3)C[C@@H](C)O. The Bertz CT molecular complexity index is 720. The summed E-state index contributed by atoms with van der Waals surface area (Å²) in [7, 11) is 0. The molecule has 1 atom stereocenters. The van der Waals surface area contributed by atoms with Gasteiger partial charge in [0, 0.05) is 11.4 Å². The van der Waals surface area contributed by atoms with E-state index >= 15 is 0 Å². The Morgan fingerprint density at radius 2 is 2.27 bits per heavy atom. The maximum Gasteiger partial charge on any atom is 0.259 e. The van der Waals surface area contributed by atoms with Gasteiger partial charge in [0.2, 0.25) is 0 Å². The van der Waals surface area contributed by atoms with Crippen LogP contribution in [0.3, 0.4) is 0 Å². The molecule has 2 heterocycles. The molecule has 1 aliphatic rings. The van der Waals surface area contributed by atoms with E-state index in [0.717, 1.165) is 42.4 Å². The smallest absolute Gasteiger partial charge is 0.259 e. The molecule has 0 fully saturated rings. The highest BCUT2D eigenvalue weighted by Gasteiger charge is 2.21. The average Bonchev–Trinajstić information content (AvgIpc) is 2.97. The van der Waals surface area contributed by atoms with Crippen LogP contribution in [0.15, 0.2) is 4.79 Å². The van der Waals surface area contributed by atoms with Gasteiger partial charge in [-0.05, 0) is 44.7 Å². The lowest BCUT2D eigenvalue weighted by Crippen LogP contribution is -2.32. The molecule has 0 radical (unpaired) electrons. The Balaban J connectivity index is 1.90. The predicted octanol–water partition coefficient (Wildman–Crippen LogP) is 2.07. The highest BCUT2D eigenvalue weighted by molar-refractivity contribution is 7.18. The van der Waals surface area contributed by atoms with Crippen LogP contribution in [0.1, 0.15) is 43.0 Å². The number of aliphatic hydroxyl groups is 1. The highest BCUT2D eigenvalue weighted by atomic mass is 32.1. The fourth-order valence-corrected chi connectivity index (χ4v) is 4.54. The molecule has 5 nitrogen and oxygen atoms in total. The lowest BCUT2D eigenvalue weighted by molar-refractivity contribution is 0.121. The number of nitrogens with one attached hydrogen (secondary N) is 1. The molecule has 2 aromatic rings. The van der Waals surface area contributed by atoms with Crippen LogP contribution in [0.25, 0.3) is 10.2 Å². The van der Waals surface area contributed by atoms with Gasteiger partial charge in [-0.25, -0.2) is 4.98 Å². The van der Waals surface area contributed by atoms with Crippen LogP contribution in [0.2, 0.25) is 0 Å². The van der Waals surface area contributed by atoms with E-state index in [0.29, 0.717) is 18.9 Å². The second-order valence-corrected chi connectivity index (χ2v) is 7.22. The minimum atomic E-state index is -0.382. The topological polar surface area (TPSA) is 69.2 Å². The van der Waals surface area contributed by atoms with E-state index in [-0.39, 0.29) is 11.7 Å². The first-order chi connectivity index (χ1) is 10.6. The minimum absolute atomic E-state index is 0.00658. The van der Waals surface area contributed by atoms with Crippen molar-refractivity contribution in [2.45, 2.75) is 52.2 Å². The normalized spacial score (nSPS) is 15.6. The molecule has 0 unspecified atom stereocenters. The molecule has 0 bridgehead atoms. The molecular weight excluding hydrogens is 298 g/mol. The first-order valence-electron chi connectivity index (χ1n) is 8.02. The van der Waals surface area contributed by atoms with Crippen LogP contribution in [-0.4, -0.2) is 39.2 Å². The molecule has 3 rings (SSSR count). The molecule has 2 N–H and O–H groups in total. The van der Waals surface area contributed by atoms with Gasteiger partial charge in [-0.15, -0.1) is 11.3 Å². The van der Waals surface area contributed by atoms with E-state index in [2.05, 4.69) is 21.8 Å². The van der Waals surface area contributed by atoms with Crippen molar-refractivity contribution in [1.29, 1.82) is 0 Å². The summed E-state index contributed by atoms with van der Waals surface area (Å²) in [5.74, 6) is 0.700. The van der Waals surface area contributed by atoms with Gasteiger partial charge in [0.25, 0.3) is 5.56 Å². The van der Waals surface area contributed by atoms with Crippen LogP contribution in [-0.2, 0) is 19.4 Å². The Hall–Kier alpha value is -1.24. The van der Waals surface area contributed by atoms with E-state index in [4.69, 9.17) is 0 Å². The fraction of sp³-hybridized carbons (Fsp3) is 0.625. The molecule has 1 aliphatic carbocycles. The number of aliphatic hydroxyl groups excluding tert-OH is 1. The summed E-state index contributed by atoms with van der Waals surface area (Å²) in [6, 6.07) is 0. The number of aromatic nitrogens is 2. The summed E-state index contributed by atoms with van der Waals surface area (Å²) in [4.78, 5) is 24.4. The van der Waals surface area contributed by atoms with Gasteiger partial charge in [0.1, 0.15) is 10.7 Å². The van der Waals surface area contributed by atoms with Crippen LogP contribution in [0.4, 0.5) is 0 Å². The molecule has 22 heavy (non-hydrogen) atoms. The largest absolute Gasteiger partial charge is 0.392 e. The van der Waals surface area contributed by atoms with E-state index in [1.165, 1.54) is 10.4 Å². The molecule has 0 saturated heterocycles. The molecule has 0 aliphatic heterocycles. The Labute approximate surface area is 134 Å². The summed E-state index contributed by atoms with van der Waals surface area (Å²) in [6.45, 7) is 5.95. The first kappa shape index (κ1) is 15.6. The van der Waals surface area contributed by atoms with E-state index in [1.54, 1.807) is 18.3 Å². The molecule has 0 saturated carbocycles. The number of hydrogen-bond acceptors (Lipinski definition) is 5. The Kier molecular flexibility index (Phi) is 4.61. The Morgan fingerprint density at radius 1 is 1.45 bits per heavy atom. The molecule has 0 aromatic carbocycles. The second kappa shape index (κ2) is 6.48. The lowest BCUT2D eigenvalue weighted by Gasteiger charge is -2.22. The van der Waals surface area contributed by atoms with E-state index in [9.17, 15) is 9.90 Å². The maximum atomic E-state index is 12.4. The lowest BCUT2D eigenvalue weighted by atomic mass is 10.2. The van der Waals surface area contributed by atoms with Crippen molar-refractivity contribution >= 4 is 21.6 Å². The molecular formula is C16H23N3O2S. The summed E-state index contributed by atoms with van der Waals surface area (Å²) in [6.07, 6.45) is 3.86. The van der Waals surface area contributed by atoms with Crippen LogP contribution in [0, 0.1) is 0 Å².